The van der Waals surface area contributed by atoms with Crippen molar-refractivity contribution in [1.29, 1.82) is 0 Å². The van der Waals surface area contributed by atoms with Crippen molar-refractivity contribution < 1.29 is 4.79 Å². The van der Waals surface area contributed by atoms with Crippen molar-refractivity contribution in [3.05, 3.63) is 47.3 Å². The number of carbonyl (C=O) groups is 1. The Labute approximate surface area is 119 Å². The predicted octanol–water partition coefficient (Wildman–Crippen LogP) is 2.26. The summed E-state index contributed by atoms with van der Waals surface area (Å²) in [5.74, 6) is -0.0844. The van der Waals surface area contributed by atoms with E-state index >= 15 is 0 Å². The van der Waals surface area contributed by atoms with Crippen LogP contribution in [0.4, 0.5) is 5.69 Å². The Kier molecular flexibility index (Phi) is 4.08. The number of aromatic nitrogens is 2. The minimum absolute atomic E-state index is 0.0844. The third-order valence-electron chi connectivity index (χ3n) is 3.25. The fraction of sp³-hybridized carbons (Fsp3) is 0.333. The van der Waals surface area contributed by atoms with Crippen molar-refractivity contribution in [1.82, 2.24) is 15.1 Å². The molecule has 1 atom stereocenters. The Morgan fingerprint density at radius 2 is 2.15 bits per heavy atom. The molecule has 1 amide bonds. The minimum Gasteiger partial charge on any atom is -0.378 e. The van der Waals surface area contributed by atoms with E-state index in [2.05, 4.69) is 22.7 Å². The lowest BCUT2D eigenvalue weighted by Crippen LogP contribution is -2.18. The zero-order valence-corrected chi connectivity index (χ0v) is 12.3. The first-order valence-electron chi connectivity index (χ1n) is 6.60. The predicted molar refractivity (Wildman–Crippen MR) is 79.8 cm³/mol. The summed E-state index contributed by atoms with van der Waals surface area (Å²) in [5, 5.41) is 10.4. The quantitative estimate of drug-likeness (QED) is 0.897. The number of anilines is 1. The Bertz CT molecular complexity index is 618. The largest absolute Gasteiger partial charge is 0.378 e. The van der Waals surface area contributed by atoms with Gasteiger partial charge in [0.2, 0.25) is 0 Å². The average Bonchev–Trinajstić information content (AvgIpc) is 2.77. The normalized spacial score (nSPS) is 12.0. The van der Waals surface area contributed by atoms with Gasteiger partial charge in [0.1, 0.15) is 0 Å². The molecule has 2 aromatic rings. The van der Waals surface area contributed by atoms with Gasteiger partial charge in [0.05, 0.1) is 11.7 Å². The SMILES string of the molecule is CNC(=O)c1cccc(NC(C)c2cn(C)nc2C)c1. The first-order chi connectivity index (χ1) is 9.51. The number of amides is 1. The number of benzene rings is 1. The molecular weight excluding hydrogens is 252 g/mol. The molecule has 5 heteroatoms. The molecule has 0 fully saturated rings. The van der Waals surface area contributed by atoms with Gasteiger partial charge in [-0.15, -0.1) is 0 Å². The Morgan fingerprint density at radius 3 is 2.75 bits per heavy atom. The van der Waals surface area contributed by atoms with Crippen LogP contribution in [0, 0.1) is 6.92 Å². The highest BCUT2D eigenvalue weighted by molar-refractivity contribution is 5.94. The summed E-state index contributed by atoms with van der Waals surface area (Å²) in [4.78, 5) is 11.6. The van der Waals surface area contributed by atoms with Crippen LogP contribution in [0.2, 0.25) is 0 Å². The summed E-state index contributed by atoms with van der Waals surface area (Å²) in [5.41, 5.74) is 3.72. The van der Waals surface area contributed by atoms with Gasteiger partial charge in [-0.1, -0.05) is 6.07 Å². The van der Waals surface area contributed by atoms with Crippen molar-refractivity contribution in [3.8, 4) is 0 Å². The maximum Gasteiger partial charge on any atom is 0.251 e. The van der Waals surface area contributed by atoms with E-state index in [9.17, 15) is 4.79 Å². The zero-order valence-electron chi connectivity index (χ0n) is 12.3. The number of carbonyl (C=O) groups excluding carboxylic acids is 1. The van der Waals surface area contributed by atoms with E-state index in [0.29, 0.717) is 5.56 Å². The second kappa shape index (κ2) is 5.77. The lowest BCUT2D eigenvalue weighted by Gasteiger charge is -2.15. The van der Waals surface area contributed by atoms with E-state index < -0.39 is 0 Å². The van der Waals surface area contributed by atoms with Gasteiger partial charge in [0.15, 0.2) is 0 Å². The molecule has 1 heterocycles. The molecule has 2 N–H and O–H groups in total. The molecule has 0 spiro atoms. The molecule has 5 nitrogen and oxygen atoms in total. The molecule has 106 valence electrons. The molecule has 0 aliphatic carbocycles. The molecule has 1 unspecified atom stereocenters. The van der Waals surface area contributed by atoms with E-state index in [-0.39, 0.29) is 11.9 Å². The summed E-state index contributed by atoms with van der Waals surface area (Å²) in [6.07, 6.45) is 2.01. The second-order valence-electron chi connectivity index (χ2n) is 4.87. The van der Waals surface area contributed by atoms with E-state index in [1.807, 2.05) is 43.0 Å². The lowest BCUT2D eigenvalue weighted by atomic mass is 10.1. The van der Waals surface area contributed by atoms with Gasteiger partial charge in [0, 0.05) is 37.1 Å². The summed E-state index contributed by atoms with van der Waals surface area (Å²) < 4.78 is 1.81. The third-order valence-corrected chi connectivity index (χ3v) is 3.25. The van der Waals surface area contributed by atoms with Crippen molar-refractivity contribution in [2.24, 2.45) is 7.05 Å². The van der Waals surface area contributed by atoms with Gasteiger partial charge in [-0.25, -0.2) is 0 Å². The van der Waals surface area contributed by atoms with E-state index in [1.54, 1.807) is 13.1 Å². The van der Waals surface area contributed by atoms with E-state index in [4.69, 9.17) is 0 Å². The molecule has 0 saturated carbocycles. The molecule has 0 aliphatic rings. The smallest absolute Gasteiger partial charge is 0.251 e. The number of nitrogens with zero attached hydrogens (tertiary/aromatic N) is 2. The molecule has 1 aromatic heterocycles. The van der Waals surface area contributed by atoms with Crippen molar-refractivity contribution in [2.45, 2.75) is 19.9 Å². The molecule has 0 bridgehead atoms. The fourth-order valence-corrected chi connectivity index (χ4v) is 2.27. The molecular formula is C15H20N4O. The molecule has 1 aromatic carbocycles. The monoisotopic (exact) mass is 272 g/mol. The summed E-state index contributed by atoms with van der Waals surface area (Å²) in [6, 6.07) is 7.60. The number of hydrogen-bond donors (Lipinski definition) is 2. The highest BCUT2D eigenvalue weighted by atomic mass is 16.1. The van der Waals surface area contributed by atoms with Gasteiger partial charge < -0.3 is 10.6 Å². The van der Waals surface area contributed by atoms with Crippen LogP contribution in [-0.2, 0) is 7.05 Å². The van der Waals surface area contributed by atoms with Crippen molar-refractivity contribution >= 4 is 11.6 Å². The van der Waals surface area contributed by atoms with E-state index in [1.165, 1.54) is 0 Å². The zero-order chi connectivity index (χ0) is 14.7. The number of nitrogens with one attached hydrogen (secondary N) is 2. The van der Waals surface area contributed by atoms with Gasteiger partial charge in [-0.3, -0.25) is 9.48 Å². The Balaban J connectivity index is 2.17. The van der Waals surface area contributed by atoms with Gasteiger partial charge in [0.25, 0.3) is 5.91 Å². The van der Waals surface area contributed by atoms with Crippen LogP contribution in [0.3, 0.4) is 0 Å². The molecule has 20 heavy (non-hydrogen) atoms. The van der Waals surface area contributed by atoms with Crippen LogP contribution in [0.15, 0.2) is 30.5 Å². The van der Waals surface area contributed by atoms with Crippen molar-refractivity contribution in [2.75, 3.05) is 12.4 Å². The van der Waals surface area contributed by atoms with E-state index in [0.717, 1.165) is 16.9 Å². The molecule has 0 saturated heterocycles. The molecule has 0 aliphatic heterocycles. The second-order valence-corrected chi connectivity index (χ2v) is 4.87. The number of hydrogen-bond acceptors (Lipinski definition) is 3. The first-order valence-corrected chi connectivity index (χ1v) is 6.60. The van der Waals surface area contributed by atoms with Gasteiger partial charge >= 0.3 is 0 Å². The van der Waals surface area contributed by atoms with Crippen LogP contribution < -0.4 is 10.6 Å². The highest BCUT2D eigenvalue weighted by Crippen LogP contribution is 2.21. The lowest BCUT2D eigenvalue weighted by molar-refractivity contribution is 0.0963. The highest BCUT2D eigenvalue weighted by Gasteiger charge is 2.12. The average molecular weight is 272 g/mol. The van der Waals surface area contributed by atoms with Crippen LogP contribution in [0.25, 0.3) is 0 Å². The maximum atomic E-state index is 11.6. The van der Waals surface area contributed by atoms with Crippen molar-refractivity contribution in [3.63, 3.8) is 0 Å². The Hall–Kier alpha value is -2.30. The summed E-state index contributed by atoms with van der Waals surface area (Å²) in [7, 11) is 3.54. The summed E-state index contributed by atoms with van der Waals surface area (Å²) >= 11 is 0. The number of rotatable bonds is 4. The van der Waals surface area contributed by atoms with Crippen LogP contribution in [-0.4, -0.2) is 22.7 Å². The van der Waals surface area contributed by atoms with Crippen LogP contribution in [0.5, 0.6) is 0 Å². The molecule has 0 radical (unpaired) electrons. The topological polar surface area (TPSA) is 59.0 Å². The van der Waals surface area contributed by atoms with Crippen LogP contribution >= 0.6 is 0 Å². The van der Waals surface area contributed by atoms with Gasteiger partial charge in [-0.2, -0.15) is 5.10 Å². The standard InChI is InChI=1S/C15H20N4O/c1-10(14-9-19(4)18-11(14)2)17-13-7-5-6-12(8-13)15(20)16-3/h5-10,17H,1-4H3,(H,16,20). The first kappa shape index (κ1) is 14.1. The molecule has 2 rings (SSSR count). The third kappa shape index (κ3) is 2.99. The fourth-order valence-electron chi connectivity index (χ4n) is 2.27. The maximum absolute atomic E-state index is 11.6. The number of aryl methyl sites for hydroxylation is 2. The Morgan fingerprint density at radius 1 is 1.40 bits per heavy atom. The minimum atomic E-state index is -0.0844. The van der Waals surface area contributed by atoms with Gasteiger partial charge in [-0.05, 0) is 32.0 Å². The van der Waals surface area contributed by atoms with Crippen LogP contribution in [0.1, 0.15) is 34.6 Å². The summed E-state index contributed by atoms with van der Waals surface area (Å²) in [6.45, 7) is 4.07.